The molecule has 0 aromatic rings. The summed E-state index contributed by atoms with van der Waals surface area (Å²) in [6.07, 6.45) is 18.7. The smallest absolute Gasteiger partial charge is 0.328 e. The van der Waals surface area contributed by atoms with Crippen LogP contribution in [0.4, 0.5) is 0 Å². The first kappa shape index (κ1) is 32.3. The quantitative estimate of drug-likeness (QED) is 0.121. The molecular formula is C26H52N4O4. The van der Waals surface area contributed by atoms with E-state index in [9.17, 15) is 14.4 Å². The molecule has 0 aliphatic carbocycles. The molecule has 0 spiro atoms. The van der Waals surface area contributed by atoms with Crippen molar-refractivity contribution in [1.29, 1.82) is 0 Å². The standard InChI is InChI=1S/C26H52N4O4/c1-2-3-4-5-6-7-8-9-10-11-12-13-14-15-21-34-26(33)23(18-19-24(29)31)30-25(32)22(28)17-16-20-27/h22-23H,2-21,27-28H2,1H3,(H2,29,31)(H,30,32)/t22-,23-/m0/s1. The maximum absolute atomic E-state index is 12.4. The summed E-state index contributed by atoms with van der Waals surface area (Å²) in [5.74, 6) is -1.53. The summed E-state index contributed by atoms with van der Waals surface area (Å²) in [4.78, 5) is 35.7. The van der Waals surface area contributed by atoms with Gasteiger partial charge in [0.1, 0.15) is 6.04 Å². The molecule has 0 unspecified atom stereocenters. The van der Waals surface area contributed by atoms with Crippen molar-refractivity contribution in [2.75, 3.05) is 13.2 Å². The Labute approximate surface area is 207 Å². The number of rotatable bonds is 24. The first-order chi connectivity index (χ1) is 16.4. The highest BCUT2D eigenvalue weighted by molar-refractivity contribution is 5.87. The van der Waals surface area contributed by atoms with Crippen LogP contribution in [0, 0.1) is 0 Å². The molecule has 0 aromatic carbocycles. The third-order valence-corrected chi connectivity index (χ3v) is 6.08. The second-order valence-electron chi connectivity index (χ2n) is 9.37. The SMILES string of the molecule is CCCCCCCCCCCCCCCCOC(=O)[C@H](CCC(N)=O)NC(=O)[C@@H](N)CCCN. The molecule has 0 heterocycles. The van der Waals surface area contributed by atoms with Crippen molar-refractivity contribution in [3.8, 4) is 0 Å². The van der Waals surface area contributed by atoms with Gasteiger partial charge in [0.25, 0.3) is 0 Å². The van der Waals surface area contributed by atoms with Gasteiger partial charge in [-0.3, -0.25) is 9.59 Å². The zero-order valence-electron chi connectivity index (χ0n) is 21.7. The minimum Gasteiger partial charge on any atom is -0.464 e. The van der Waals surface area contributed by atoms with Crippen molar-refractivity contribution < 1.29 is 19.1 Å². The van der Waals surface area contributed by atoms with Gasteiger partial charge in [0.2, 0.25) is 11.8 Å². The summed E-state index contributed by atoms with van der Waals surface area (Å²) in [6.45, 7) is 2.99. The lowest BCUT2D eigenvalue weighted by molar-refractivity contribution is -0.148. The molecule has 2 atom stereocenters. The van der Waals surface area contributed by atoms with Gasteiger partial charge in [-0.05, 0) is 32.2 Å². The Morgan fingerprint density at radius 2 is 1.26 bits per heavy atom. The first-order valence-electron chi connectivity index (χ1n) is 13.6. The molecule has 0 bridgehead atoms. The van der Waals surface area contributed by atoms with Crippen LogP contribution in [0.3, 0.4) is 0 Å². The highest BCUT2D eigenvalue weighted by Gasteiger charge is 2.25. The molecule has 0 aliphatic heterocycles. The van der Waals surface area contributed by atoms with Crippen LogP contribution in [0.5, 0.6) is 0 Å². The van der Waals surface area contributed by atoms with Gasteiger partial charge < -0.3 is 27.3 Å². The monoisotopic (exact) mass is 484 g/mol. The lowest BCUT2D eigenvalue weighted by atomic mass is 10.0. The molecule has 0 aliphatic rings. The highest BCUT2D eigenvalue weighted by Crippen LogP contribution is 2.13. The van der Waals surface area contributed by atoms with Gasteiger partial charge in [-0.2, -0.15) is 0 Å². The number of esters is 1. The van der Waals surface area contributed by atoms with E-state index >= 15 is 0 Å². The number of primary amides is 1. The summed E-state index contributed by atoms with van der Waals surface area (Å²) in [5, 5.41) is 2.60. The number of carbonyl (C=O) groups is 3. The molecule has 7 N–H and O–H groups in total. The largest absolute Gasteiger partial charge is 0.464 e. The normalized spacial score (nSPS) is 12.8. The van der Waals surface area contributed by atoms with E-state index in [0.717, 1.165) is 19.3 Å². The maximum atomic E-state index is 12.4. The fraction of sp³-hybridized carbons (Fsp3) is 0.885. The molecule has 0 saturated heterocycles. The molecule has 0 rings (SSSR count). The van der Waals surface area contributed by atoms with Crippen LogP contribution >= 0.6 is 0 Å². The van der Waals surface area contributed by atoms with Crippen LogP contribution in [0.2, 0.25) is 0 Å². The third-order valence-electron chi connectivity index (χ3n) is 6.08. The van der Waals surface area contributed by atoms with Gasteiger partial charge in [-0.15, -0.1) is 0 Å². The summed E-state index contributed by atoms with van der Waals surface area (Å²) in [5.41, 5.74) is 16.5. The van der Waals surface area contributed by atoms with Crippen molar-refractivity contribution in [1.82, 2.24) is 5.32 Å². The van der Waals surface area contributed by atoms with Gasteiger partial charge in [-0.25, -0.2) is 4.79 Å². The van der Waals surface area contributed by atoms with Crippen molar-refractivity contribution in [2.24, 2.45) is 17.2 Å². The number of nitrogens with two attached hydrogens (primary N) is 3. The molecule has 2 amide bonds. The summed E-state index contributed by atoms with van der Waals surface area (Å²) in [7, 11) is 0. The third kappa shape index (κ3) is 19.8. The van der Waals surface area contributed by atoms with Crippen molar-refractivity contribution in [3.05, 3.63) is 0 Å². The van der Waals surface area contributed by atoms with Crippen molar-refractivity contribution in [3.63, 3.8) is 0 Å². The summed E-state index contributed by atoms with van der Waals surface area (Å²) in [6, 6.07) is -1.67. The Kier molecular flexibility index (Phi) is 22.0. The van der Waals surface area contributed by atoms with E-state index in [0.29, 0.717) is 26.0 Å². The Hall–Kier alpha value is -1.67. The average Bonchev–Trinajstić information content (AvgIpc) is 2.82. The Balaban J connectivity index is 3.91. The van der Waals surface area contributed by atoms with E-state index < -0.39 is 29.9 Å². The minimum atomic E-state index is -0.921. The van der Waals surface area contributed by atoms with Crippen molar-refractivity contribution >= 4 is 17.8 Å². The van der Waals surface area contributed by atoms with Crippen LogP contribution in [0.25, 0.3) is 0 Å². The lowest BCUT2D eigenvalue weighted by Crippen LogP contribution is -2.49. The molecule has 0 radical (unpaired) electrons. The van der Waals surface area contributed by atoms with Crippen LogP contribution in [0.15, 0.2) is 0 Å². The van der Waals surface area contributed by atoms with Gasteiger partial charge in [-0.1, -0.05) is 90.4 Å². The Bertz CT molecular complexity index is 531. The molecule has 34 heavy (non-hydrogen) atoms. The van der Waals surface area contributed by atoms with Crippen LogP contribution in [0.1, 0.15) is 122 Å². The molecule has 8 nitrogen and oxygen atoms in total. The number of amides is 2. The number of unbranched alkanes of at least 4 members (excludes halogenated alkanes) is 13. The molecule has 0 fully saturated rings. The molecule has 200 valence electrons. The molecule has 0 aromatic heterocycles. The maximum Gasteiger partial charge on any atom is 0.328 e. The van der Waals surface area contributed by atoms with Crippen LogP contribution in [-0.4, -0.2) is 43.0 Å². The highest BCUT2D eigenvalue weighted by atomic mass is 16.5. The first-order valence-corrected chi connectivity index (χ1v) is 13.6. The number of hydrogen-bond donors (Lipinski definition) is 4. The Morgan fingerprint density at radius 1 is 0.765 bits per heavy atom. The molecule has 0 saturated carbocycles. The van der Waals surface area contributed by atoms with Gasteiger partial charge in [0.05, 0.1) is 12.6 Å². The second-order valence-corrected chi connectivity index (χ2v) is 9.37. The second kappa shape index (κ2) is 23.1. The predicted octanol–water partition coefficient (Wildman–Crippen LogP) is 3.83. The van der Waals surface area contributed by atoms with Crippen molar-refractivity contribution in [2.45, 2.75) is 135 Å². The van der Waals surface area contributed by atoms with Crippen LogP contribution < -0.4 is 22.5 Å². The van der Waals surface area contributed by atoms with E-state index in [-0.39, 0.29) is 12.8 Å². The van der Waals surface area contributed by atoms with E-state index in [4.69, 9.17) is 21.9 Å². The molecule has 8 heteroatoms. The fourth-order valence-corrected chi connectivity index (χ4v) is 3.85. The minimum absolute atomic E-state index is 0.0169. The summed E-state index contributed by atoms with van der Waals surface area (Å²) >= 11 is 0. The number of nitrogens with one attached hydrogen (secondary N) is 1. The average molecular weight is 485 g/mol. The van der Waals surface area contributed by atoms with E-state index in [1.54, 1.807) is 0 Å². The van der Waals surface area contributed by atoms with Gasteiger partial charge >= 0.3 is 5.97 Å². The lowest BCUT2D eigenvalue weighted by Gasteiger charge is -2.19. The van der Waals surface area contributed by atoms with Gasteiger partial charge in [0, 0.05) is 6.42 Å². The van der Waals surface area contributed by atoms with E-state index in [2.05, 4.69) is 12.2 Å². The van der Waals surface area contributed by atoms with Gasteiger partial charge in [0.15, 0.2) is 0 Å². The number of carbonyl (C=O) groups excluding carboxylic acids is 3. The molecular weight excluding hydrogens is 432 g/mol. The number of ether oxygens (including phenoxy) is 1. The van der Waals surface area contributed by atoms with Crippen LogP contribution in [-0.2, 0) is 19.1 Å². The zero-order chi connectivity index (χ0) is 25.4. The topological polar surface area (TPSA) is 151 Å². The van der Waals surface area contributed by atoms with E-state index in [1.165, 1.54) is 70.6 Å². The predicted molar refractivity (Wildman–Crippen MR) is 138 cm³/mol. The number of hydrogen-bond acceptors (Lipinski definition) is 6. The zero-order valence-corrected chi connectivity index (χ0v) is 21.7. The fourth-order valence-electron chi connectivity index (χ4n) is 3.85. The Morgan fingerprint density at radius 3 is 1.74 bits per heavy atom. The summed E-state index contributed by atoms with van der Waals surface area (Å²) < 4.78 is 5.34. The van der Waals surface area contributed by atoms with E-state index in [1.807, 2.05) is 0 Å².